The quantitative estimate of drug-likeness (QED) is 0.415. The number of benzene rings is 1. The van der Waals surface area contributed by atoms with Gasteiger partial charge in [-0.05, 0) is 10.9 Å². The Labute approximate surface area is 84.1 Å². The minimum Gasteiger partial charge on any atom is -0.423 e. The highest BCUT2D eigenvalue weighted by Crippen LogP contribution is 1.83. The Kier molecular flexibility index (Phi) is 6.23. The summed E-state index contributed by atoms with van der Waals surface area (Å²) >= 11 is 0. The molecule has 0 amide bonds. The van der Waals surface area contributed by atoms with Crippen molar-refractivity contribution < 1.29 is 20.1 Å². The largest absolute Gasteiger partial charge is 0.488 e. The van der Waals surface area contributed by atoms with E-state index >= 15 is 0 Å². The fourth-order valence-corrected chi connectivity index (χ4v) is 0.981. The standard InChI is InChI=1S/C6H8B2O4.C2H6/c9-7(10)5-3-1-2-4-6(5)8(11)12;1-2/h1-4,9-12H;1-2H3. The van der Waals surface area contributed by atoms with Gasteiger partial charge in [0.05, 0.1) is 0 Å². The number of rotatable bonds is 2. The van der Waals surface area contributed by atoms with Crippen molar-refractivity contribution in [2.45, 2.75) is 13.8 Å². The Bertz CT molecular complexity index is 238. The van der Waals surface area contributed by atoms with E-state index in [0.29, 0.717) is 0 Å². The van der Waals surface area contributed by atoms with E-state index in [2.05, 4.69) is 0 Å². The van der Waals surface area contributed by atoms with E-state index in [-0.39, 0.29) is 10.9 Å². The summed E-state index contributed by atoms with van der Waals surface area (Å²) in [5.41, 5.74) is 0.208. The molecule has 0 saturated heterocycles. The average Bonchev–Trinajstić information content (AvgIpc) is 2.20. The van der Waals surface area contributed by atoms with E-state index < -0.39 is 14.2 Å². The Balaban J connectivity index is 0.000000791. The molecule has 0 fully saturated rings. The number of hydrogen-bond acceptors (Lipinski definition) is 4. The van der Waals surface area contributed by atoms with E-state index in [1.54, 1.807) is 12.1 Å². The average molecular weight is 196 g/mol. The van der Waals surface area contributed by atoms with Crippen LogP contribution in [0.3, 0.4) is 0 Å². The molecule has 4 nitrogen and oxygen atoms in total. The first-order chi connectivity index (χ1) is 6.63. The smallest absolute Gasteiger partial charge is 0.423 e. The molecule has 14 heavy (non-hydrogen) atoms. The van der Waals surface area contributed by atoms with Crippen LogP contribution in [0.15, 0.2) is 24.3 Å². The Hall–Kier alpha value is -0.810. The minimum atomic E-state index is -1.68. The normalized spacial score (nSPS) is 8.71. The zero-order valence-electron chi connectivity index (χ0n) is 8.25. The molecule has 0 spiro atoms. The van der Waals surface area contributed by atoms with Gasteiger partial charge in [-0.1, -0.05) is 38.1 Å². The summed E-state index contributed by atoms with van der Waals surface area (Å²) in [6, 6.07) is 6.00. The third kappa shape index (κ3) is 3.51. The lowest BCUT2D eigenvalue weighted by atomic mass is 9.66. The summed E-state index contributed by atoms with van der Waals surface area (Å²) in [7, 11) is -3.36. The van der Waals surface area contributed by atoms with Crippen LogP contribution in [0.5, 0.6) is 0 Å². The third-order valence-electron chi connectivity index (χ3n) is 1.55. The Morgan fingerprint density at radius 1 is 0.786 bits per heavy atom. The molecule has 76 valence electrons. The molecule has 0 unspecified atom stereocenters. The molecular weight excluding hydrogens is 182 g/mol. The first-order valence-electron chi connectivity index (χ1n) is 4.44. The van der Waals surface area contributed by atoms with Crippen LogP contribution in [0.25, 0.3) is 0 Å². The second-order valence-corrected chi connectivity index (χ2v) is 2.38. The number of hydrogen-bond donors (Lipinski definition) is 4. The predicted molar refractivity (Wildman–Crippen MR) is 57.4 cm³/mol. The summed E-state index contributed by atoms with van der Waals surface area (Å²) in [5.74, 6) is 0. The monoisotopic (exact) mass is 196 g/mol. The SMILES string of the molecule is CC.OB(O)c1ccccc1B(O)O. The van der Waals surface area contributed by atoms with Crippen molar-refractivity contribution in [1.82, 2.24) is 0 Å². The summed E-state index contributed by atoms with van der Waals surface area (Å²) < 4.78 is 0. The maximum absolute atomic E-state index is 8.79. The first kappa shape index (κ1) is 13.2. The minimum absolute atomic E-state index is 0.104. The van der Waals surface area contributed by atoms with E-state index in [1.807, 2.05) is 13.8 Å². The van der Waals surface area contributed by atoms with Gasteiger partial charge < -0.3 is 20.1 Å². The molecule has 0 radical (unpaired) electrons. The van der Waals surface area contributed by atoms with Crippen molar-refractivity contribution in [2.75, 3.05) is 0 Å². The predicted octanol–water partition coefficient (Wildman–Crippen LogP) is -1.93. The van der Waals surface area contributed by atoms with Gasteiger partial charge in [0, 0.05) is 0 Å². The van der Waals surface area contributed by atoms with E-state index in [0.717, 1.165) is 0 Å². The van der Waals surface area contributed by atoms with Gasteiger partial charge in [0.25, 0.3) is 0 Å². The Morgan fingerprint density at radius 2 is 1.07 bits per heavy atom. The fraction of sp³-hybridized carbons (Fsp3) is 0.250. The van der Waals surface area contributed by atoms with Gasteiger partial charge in [0.2, 0.25) is 0 Å². The molecule has 0 aliphatic rings. The van der Waals surface area contributed by atoms with Crippen LogP contribution in [0, 0.1) is 0 Å². The molecule has 1 rings (SSSR count). The molecule has 4 N–H and O–H groups in total. The maximum Gasteiger partial charge on any atom is 0.488 e. The second-order valence-electron chi connectivity index (χ2n) is 2.38. The van der Waals surface area contributed by atoms with E-state index in [1.165, 1.54) is 12.1 Å². The van der Waals surface area contributed by atoms with E-state index in [4.69, 9.17) is 20.1 Å². The van der Waals surface area contributed by atoms with Crippen LogP contribution in [-0.4, -0.2) is 34.3 Å². The van der Waals surface area contributed by atoms with Crippen molar-refractivity contribution in [3.63, 3.8) is 0 Å². The molecule has 0 bridgehead atoms. The molecule has 0 aliphatic carbocycles. The lowest BCUT2D eigenvalue weighted by Gasteiger charge is -2.06. The van der Waals surface area contributed by atoms with Gasteiger partial charge in [0.15, 0.2) is 0 Å². The zero-order chi connectivity index (χ0) is 11.1. The van der Waals surface area contributed by atoms with Gasteiger partial charge in [0.1, 0.15) is 0 Å². The van der Waals surface area contributed by atoms with Crippen molar-refractivity contribution >= 4 is 25.2 Å². The van der Waals surface area contributed by atoms with Crippen LogP contribution < -0.4 is 10.9 Å². The molecule has 1 aromatic rings. The highest BCUT2D eigenvalue weighted by molar-refractivity contribution is 6.71. The molecule has 1 aromatic carbocycles. The van der Waals surface area contributed by atoms with Crippen LogP contribution in [-0.2, 0) is 0 Å². The van der Waals surface area contributed by atoms with Gasteiger partial charge in [-0.25, -0.2) is 0 Å². The van der Waals surface area contributed by atoms with Crippen LogP contribution in [0.4, 0.5) is 0 Å². The Morgan fingerprint density at radius 3 is 1.29 bits per heavy atom. The second kappa shape index (κ2) is 6.62. The highest BCUT2D eigenvalue weighted by Gasteiger charge is 2.21. The van der Waals surface area contributed by atoms with Gasteiger partial charge in [-0.3, -0.25) is 0 Å². The van der Waals surface area contributed by atoms with Gasteiger partial charge in [-0.2, -0.15) is 0 Å². The molecule has 0 saturated carbocycles. The molecule has 0 aromatic heterocycles. The van der Waals surface area contributed by atoms with Crippen molar-refractivity contribution in [3.05, 3.63) is 24.3 Å². The molecule has 6 heteroatoms. The van der Waals surface area contributed by atoms with Crippen molar-refractivity contribution in [1.29, 1.82) is 0 Å². The third-order valence-corrected chi connectivity index (χ3v) is 1.55. The van der Waals surface area contributed by atoms with Crippen LogP contribution in [0.1, 0.15) is 13.8 Å². The zero-order valence-corrected chi connectivity index (χ0v) is 8.25. The van der Waals surface area contributed by atoms with Crippen molar-refractivity contribution in [2.24, 2.45) is 0 Å². The van der Waals surface area contributed by atoms with E-state index in [9.17, 15) is 0 Å². The van der Waals surface area contributed by atoms with Crippen LogP contribution >= 0.6 is 0 Å². The summed E-state index contributed by atoms with van der Waals surface area (Å²) in [5, 5.41) is 35.1. The molecular formula is C8H14B2O4. The summed E-state index contributed by atoms with van der Waals surface area (Å²) in [6.45, 7) is 4.00. The fourth-order valence-electron chi connectivity index (χ4n) is 0.981. The lowest BCUT2D eigenvalue weighted by Crippen LogP contribution is -2.49. The topological polar surface area (TPSA) is 80.9 Å². The van der Waals surface area contributed by atoms with Crippen LogP contribution in [0.2, 0.25) is 0 Å². The summed E-state index contributed by atoms with van der Waals surface area (Å²) in [6.07, 6.45) is 0. The molecule has 0 heterocycles. The highest BCUT2D eigenvalue weighted by atomic mass is 16.4. The molecule has 0 atom stereocenters. The van der Waals surface area contributed by atoms with Gasteiger partial charge >= 0.3 is 14.2 Å². The lowest BCUT2D eigenvalue weighted by molar-refractivity contribution is 0.419. The van der Waals surface area contributed by atoms with Gasteiger partial charge in [-0.15, -0.1) is 0 Å². The maximum atomic E-state index is 8.79. The summed E-state index contributed by atoms with van der Waals surface area (Å²) in [4.78, 5) is 0. The molecule has 0 aliphatic heterocycles. The first-order valence-corrected chi connectivity index (χ1v) is 4.44. The van der Waals surface area contributed by atoms with Crippen molar-refractivity contribution in [3.8, 4) is 0 Å².